The van der Waals surface area contributed by atoms with Crippen LogP contribution in [0.15, 0.2) is 18.2 Å². The smallest absolute Gasteiger partial charge is 0.434 e. The Bertz CT molecular complexity index is 565. The van der Waals surface area contributed by atoms with E-state index >= 15 is 0 Å². The van der Waals surface area contributed by atoms with E-state index in [2.05, 4.69) is 6.92 Å². The summed E-state index contributed by atoms with van der Waals surface area (Å²) < 4.78 is 9.94. The Morgan fingerprint density at radius 1 is 1.00 bits per heavy atom. The Hall–Kier alpha value is -2.17. The van der Waals surface area contributed by atoms with E-state index in [1.54, 1.807) is 6.07 Å². The Balaban J connectivity index is 2.60. The lowest BCUT2D eigenvalue weighted by atomic mass is 10.0. The maximum Gasteiger partial charge on any atom is 0.513 e. The zero-order chi connectivity index (χ0) is 18.5. The number of hydrogen-bond donors (Lipinski definition) is 0. The van der Waals surface area contributed by atoms with Crippen LogP contribution in [0.5, 0.6) is 5.75 Å². The van der Waals surface area contributed by atoms with Crippen molar-refractivity contribution in [2.24, 2.45) is 0 Å². The molecule has 0 saturated heterocycles. The first kappa shape index (κ1) is 20.9. The second-order valence-corrected chi connectivity index (χ2v) is 6.01. The normalized spacial score (nSPS) is 10.3. The first-order valence-corrected chi connectivity index (χ1v) is 9.09. The van der Waals surface area contributed by atoms with Crippen LogP contribution in [-0.2, 0) is 4.74 Å². The molecule has 1 aromatic carbocycles. The van der Waals surface area contributed by atoms with Crippen molar-refractivity contribution in [3.05, 3.63) is 29.3 Å². The highest BCUT2D eigenvalue weighted by atomic mass is 16.7. The lowest BCUT2D eigenvalue weighted by Gasteiger charge is -2.09. The van der Waals surface area contributed by atoms with E-state index in [9.17, 15) is 14.4 Å². The molecule has 0 atom stereocenters. The quantitative estimate of drug-likeness (QED) is 0.167. The first-order chi connectivity index (χ1) is 12.1. The maximum absolute atomic E-state index is 12.2. The van der Waals surface area contributed by atoms with E-state index in [0.29, 0.717) is 18.3 Å². The van der Waals surface area contributed by atoms with Gasteiger partial charge in [-0.3, -0.25) is 9.59 Å². The standard InChI is InChI=1S/C20H28O5/c1-3-5-7-8-9-10-18(22)16-11-12-19(17(14-16)15-21)25-20(23)24-13-6-4-2/h11-12,14-15H,3-10,13H2,1-2H3. The van der Waals surface area contributed by atoms with Crippen molar-refractivity contribution in [2.45, 2.75) is 65.2 Å². The number of carbonyl (C=O) groups excluding carboxylic acids is 3. The number of unbranched alkanes of at least 4 members (excludes halogenated alkanes) is 5. The molecule has 0 aliphatic carbocycles. The van der Waals surface area contributed by atoms with E-state index in [1.807, 2.05) is 6.92 Å². The molecule has 0 amide bonds. The van der Waals surface area contributed by atoms with Crippen molar-refractivity contribution in [3.8, 4) is 5.75 Å². The maximum atomic E-state index is 12.2. The van der Waals surface area contributed by atoms with Gasteiger partial charge in [-0.15, -0.1) is 0 Å². The largest absolute Gasteiger partial charge is 0.513 e. The van der Waals surface area contributed by atoms with Gasteiger partial charge in [-0.1, -0.05) is 46.0 Å². The molecular formula is C20H28O5. The van der Waals surface area contributed by atoms with Crippen LogP contribution in [0.25, 0.3) is 0 Å². The summed E-state index contributed by atoms with van der Waals surface area (Å²) in [6, 6.07) is 4.52. The number of ketones is 1. The van der Waals surface area contributed by atoms with Gasteiger partial charge in [0.1, 0.15) is 5.75 Å². The SMILES string of the molecule is CCCCCCCC(=O)c1ccc(OC(=O)OCCCC)c(C=O)c1. The minimum absolute atomic E-state index is 0.00308. The molecule has 0 aliphatic heterocycles. The molecule has 25 heavy (non-hydrogen) atoms. The third-order valence-corrected chi connectivity index (χ3v) is 3.88. The minimum Gasteiger partial charge on any atom is -0.434 e. The molecule has 0 aromatic heterocycles. The molecule has 0 fully saturated rings. The lowest BCUT2D eigenvalue weighted by molar-refractivity contribution is 0.0970. The summed E-state index contributed by atoms with van der Waals surface area (Å²) in [5.41, 5.74) is 0.633. The number of benzene rings is 1. The summed E-state index contributed by atoms with van der Waals surface area (Å²) in [7, 11) is 0. The monoisotopic (exact) mass is 348 g/mol. The molecule has 0 heterocycles. The van der Waals surface area contributed by atoms with Gasteiger partial charge in [0.05, 0.1) is 12.2 Å². The molecule has 0 radical (unpaired) electrons. The molecule has 5 heteroatoms. The highest BCUT2D eigenvalue weighted by Gasteiger charge is 2.13. The molecule has 138 valence electrons. The van der Waals surface area contributed by atoms with Gasteiger partial charge in [0.15, 0.2) is 12.1 Å². The third-order valence-electron chi connectivity index (χ3n) is 3.88. The van der Waals surface area contributed by atoms with Crippen molar-refractivity contribution in [3.63, 3.8) is 0 Å². The van der Waals surface area contributed by atoms with Crippen LogP contribution in [0, 0.1) is 0 Å². The fourth-order valence-corrected chi connectivity index (χ4v) is 2.36. The molecule has 1 aromatic rings. The van der Waals surface area contributed by atoms with Crippen molar-refractivity contribution in [1.82, 2.24) is 0 Å². The fourth-order valence-electron chi connectivity index (χ4n) is 2.36. The average molecular weight is 348 g/mol. The molecule has 5 nitrogen and oxygen atoms in total. The number of ether oxygens (including phenoxy) is 2. The van der Waals surface area contributed by atoms with Gasteiger partial charge >= 0.3 is 6.16 Å². The molecule has 0 N–H and O–H groups in total. The van der Waals surface area contributed by atoms with Crippen LogP contribution < -0.4 is 4.74 Å². The van der Waals surface area contributed by atoms with Crippen LogP contribution in [0.2, 0.25) is 0 Å². The predicted molar refractivity (Wildman–Crippen MR) is 96.4 cm³/mol. The number of aldehydes is 1. The van der Waals surface area contributed by atoms with Crippen LogP contribution in [0.3, 0.4) is 0 Å². The zero-order valence-electron chi connectivity index (χ0n) is 15.2. The van der Waals surface area contributed by atoms with Crippen LogP contribution in [0.4, 0.5) is 4.79 Å². The van der Waals surface area contributed by atoms with Gasteiger partial charge in [0, 0.05) is 12.0 Å². The molecule has 0 bridgehead atoms. The van der Waals surface area contributed by atoms with Gasteiger partial charge in [-0.2, -0.15) is 0 Å². The second-order valence-electron chi connectivity index (χ2n) is 6.01. The Morgan fingerprint density at radius 3 is 2.40 bits per heavy atom. The Kier molecular flexibility index (Phi) is 10.2. The summed E-state index contributed by atoms with van der Waals surface area (Å²) in [6.45, 7) is 4.41. The van der Waals surface area contributed by atoms with Gasteiger partial charge in [-0.05, 0) is 31.0 Å². The van der Waals surface area contributed by atoms with Crippen LogP contribution in [-0.4, -0.2) is 24.8 Å². The van der Waals surface area contributed by atoms with E-state index in [1.165, 1.54) is 25.0 Å². The Morgan fingerprint density at radius 2 is 1.72 bits per heavy atom. The highest BCUT2D eigenvalue weighted by Crippen LogP contribution is 2.21. The molecule has 0 spiro atoms. The van der Waals surface area contributed by atoms with E-state index in [-0.39, 0.29) is 23.7 Å². The highest BCUT2D eigenvalue weighted by molar-refractivity contribution is 5.98. The summed E-state index contributed by atoms with van der Waals surface area (Å²) in [5.74, 6) is 0.104. The van der Waals surface area contributed by atoms with Crippen molar-refractivity contribution in [1.29, 1.82) is 0 Å². The number of carbonyl (C=O) groups is 3. The van der Waals surface area contributed by atoms with Crippen molar-refractivity contribution < 1.29 is 23.9 Å². The number of rotatable bonds is 12. The van der Waals surface area contributed by atoms with Crippen molar-refractivity contribution >= 4 is 18.2 Å². The lowest BCUT2D eigenvalue weighted by Crippen LogP contribution is -2.13. The van der Waals surface area contributed by atoms with Gasteiger partial charge in [0.2, 0.25) is 0 Å². The second kappa shape index (κ2) is 12.2. The summed E-state index contributed by atoms with van der Waals surface area (Å²) in [4.78, 5) is 35.0. The Labute approximate surface area is 149 Å². The molecule has 0 aliphatic rings. The van der Waals surface area contributed by atoms with Crippen LogP contribution >= 0.6 is 0 Å². The van der Waals surface area contributed by atoms with Gasteiger partial charge < -0.3 is 9.47 Å². The summed E-state index contributed by atoms with van der Waals surface area (Å²) in [6.07, 6.45) is 7.21. The predicted octanol–water partition coefficient (Wildman–Crippen LogP) is 5.36. The van der Waals surface area contributed by atoms with E-state index in [4.69, 9.17) is 9.47 Å². The topological polar surface area (TPSA) is 69.7 Å². The van der Waals surface area contributed by atoms with Crippen LogP contribution in [0.1, 0.15) is 85.9 Å². The van der Waals surface area contributed by atoms with Gasteiger partial charge in [-0.25, -0.2) is 4.79 Å². The molecular weight excluding hydrogens is 320 g/mol. The molecule has 0 unspecified atom stereocenters. The van der Waals surface area contributed by atoms with E-state index < -0.39 is 6.16 Å². The molecule has 0 saturated carbocycles. The summed E-state index contributed by atoms with van der Waals surface area (Å²) >= 11 is 0. The fraction of sp³-hybridized carbons (Fsp3) is 0.550. The zero-order valence-corrected chi connectivity index (χ0v) is 15.2. The summed E-state index contributed by atoms with van der Waals surface area (Å²) in [5, 5.41) is 0. The first-order valence-electron chi connectivity index (χ1n) is 9.09. The van der Waals surface area contributed by atoms with Gasteiger partial charge in [0.25, 0.3) is 0 Å². The molecule has 1 rings (SSSR count). The van der Waals surface area contributed by atoms with Crippen molar-refractivity contribution in [2.75, 3.05) is 6.61 Å². The minimum atomic E-state index is -0.841. The number of hydrogen-bond acceptors (Lipinski definition) is 5. The number of Topliss-reactive ketones (excluding diaryl/α,β-unsaturated/α-hetero) is 1. The average Bonchev–Trinajstić information content (AvgIpc) is 2.62. The van der Waals surface area contributed by atoms with E-state index in [0.717, 1.165) is 32.1 Å². The third kappa shape index (κ3) is 7.96.